The summed E-state index contributed by atoms with van der Waals surface area (Å²) >= 11 is 0. The van der Waals surface area contributed by atoms with Crippen LogP contribution >= 0.6 is 0 Å². The van der Waals surface area contributed by atoms with Gasteiger partial charge in [0.15, 0.2) is 11.9 Å². The highest BCUT2D eigenvalue weighted by molar-refractivity contribution is 6.07. The molecule has 5 saturated carbocycles. The fourth-order valence-corrected chi connectivity index (χ4v) is 7.82. The topological polar surface area (TPSA) is 69.7 Å². The molecule has 5 rings (SSSR count). The average molecular weight is 442 g/mol. The summed E-state index contributed by atoms with van der Waals surface area (Å²) in [5.74, 6) is -0.558. The van der Waals surface area contributed by atoms with E-state index in [0.717, 1.165) is 19.8 Å². The fraction of sp³-hybridized carbons (Fsp3) is 0.870. The molecule has 5 fully saturated rings. The number of fused-ring (bicyclic) bond motifs is 3. The molecular formula is C23H29F3O5. The van der Waals surface area contributed by atoms with E-state index in [1.807, 2.05) is 0 Å². The molecule has 5 aliphatic rings. The van der Waals surface area contributed by atoms with Gasteiger partial charge in [-0.15, -0.1) is 0 Å². The lowest BCUT2D eigenvalue weighted by atomic mass is 9.73. The Morgan fingerprint density at radius 2 is 1.77 bits per heavy atom. The van der Waals surface area contributed by atoms with Crippen LogP contribution in [0.15, 0.2) is 0 Å². The van der Waals surface area contributed by atoms with E-state index >= 15 is 0 Å². The smallest absolute Gasteiger partial charge is 0.425 e. The third kappa shape index (κ3) is 2.85. The van der Waals surface area contributed by atoms with Gasteiger partial charge >= 0.3 is 18.1 Å². The van der Waals surface area contributed by atoms with Crippen molar-refractivity contribution in [1.82, 2.24) is 0 Å². The first-order valence-electron chi connectivity index (χ1n) is 11.5. The number of esters is 2. The van der Waals surface area contributed by atoms with Crippen LogP contribution in [0.3, 0.4) is 0 Å². The number of carbonyl (C=O) groups is 3. The predicted molar refractivity (Wildman–Crippen MR) is 101 cm³/mol. The molecule has 8 heteroatoms. The van der Waals surface area contributed by atoms with E-state index in [4.69, 9.17) is 9.47 Å². The first kappa shape index (κ1) is 21.3. The van der Waals surface area contributed by atoms with Crippen molar-refractivity contribution in [1.29, 1.82) is 0 Å². The van der Waals surface area contributed by atoms with E-state index in [1.165, 1.54) is 0 Å². The molecule has 0 N–H and O–H groups in total. The van der Waals surface area contributed by atoms with Crippen LogP contribution in [0, 0.1) is 52.8 Å². The molecule has 0 aliphatic heterocycles. The Morgan fingerprint density at radius 3 is 2.39 bits per heavy atom. The maximum absolute atomic E-state index is 13.0. The van der Waals surface area contributed by atoms with Crippen LogP contribution in [-0.2, 0) is 23.9 Å². The zero-order valence-electron chi connectivity index (χ0n) is 18.0. The van der Waals surface area contributed by atoms with Gasteiger partial charge in [0.25, 0.3) is 0 Å². The van der Waals surface area contributed by atoms with E-state index in [1.54, 1.807) is 0 Å². The molecule has 0 aromatic rings. The Balaban J connectivity index is 1.28. The second-order valence-corrected chi connectivity index (χ2v) is 10.8. The lowest BCUT2D eigenvalue weighted by Crippen LogP contribution is -2.46. The van der Waals surface area contributed by atoms with Gasteiger partial charge < -0.3 is 9.47 Å². The van der Waals surface area contributed by atoms with Gasteiger partial charge in [-0.05, 0) is 68.1 Å². The van der Waals surface area contributed by atoms with E-state index in [9.17, 15) is 27.6 Å². The van der Waals surface area contributed by atoms with Crippen molar-refractivity contribution in [2.75, 3.05) is 0 Å². The Kier molecular flexibility index (Phi) is 4.60. The first-order valence-corrected chi connectivity index (χ1v) is 11.5. The number of ketones is 1. The summed E-state index contributed by atoms with van der Waals surface area (Å²) in [7, 11) is 0. The molecule has 11 unspecified atom stereocenters. The van der Waals surface area contributed by atoms with Gasteiger partial charge in [0.2, 0.25) is 0 Å². The molecule has 0 saturated heterocycles. The number of hydrogen-bond acceptors (Lipinski definition) is 5. The molecule has 11 atom stereocenters. The van der Waals surface area contributed by atoms with Crippen LogP contribution in [0.25, 0.3) is 0 Å². The Bertz CT molecular complexity index is 823. The van der Waals surface area contributed by atoms with Gasteiger partial charge in [-0.1, -0.05) is 13.8 Å². The Labute approximate surface area is 179 Å². The molecule has 5 nitrogen and oxygen atoms in total. The van der Waals surface area contributed by atoms with Crippen molar-refractivity contribution in [3.63, 3.8) is 0 Å². The van der Waals surface area contributed by atoms with Gasteiger partial charge in [0.05, 0.1) is 5.92 Å². The fourth-order valence-electron chi connectivity index (χ4n) is 7.82. The van der Waals surface area contributed by atoms with Crippen LogP contribution in [-0.4, -0.2) is 36.1 Å². The molecule has 0 amide bonds. The van der Waals surface area contributed by atoms with Gasteiger partial charge in [-0.2, -0.15) is 13.2 Å². The van der Waals surface area contributed by atoms with Gasteiger partial charge in [0, 0.05) is 12.3 Å². The summed E-state index contributed by atoms with van der Waals surface area (Å²) in [5, 5.41) is 0. The largest absolute Gasteiger partial charge is 0.462 e. The van der Waals surface area contributed by atoms with Gasteiger partial charge in [-0.3, -0.25) is 14.4 Å². The number of carbonyl (C=O) groups excluding carboxylic acids is 3. The molecule has 0 spiro atoms. The minimum absolute atomic E-state index is 0.0682. The van der Waals surface area contributed by atoms with E-state index in [0.29, 0.717) is 30.1 Å². The molecule has 31 heavy (non-hydrogen) atoms. The number of alkyl halides is 3. The van der Waals surface area contributed by atoms with Crippen LogP contribution in [0.4, 0.5) is 13.2 Å². The van der Waals surface area contributed by atoms with Gasteiger partial charge in [0.1, 0.15) is 11.5 Å². The van der Waals surface area contributed by atoms with Crippen LogP contribution < -0.4 is 0 Å². The highest BCUT2D eigenvalue weighted by atomic mass is 19.4. The maximum atomic E-state index is 13.0. The van der Waals surface area contributed by atoms with Crippen molar-refractivity contribution in [2.24, 2.45) is 52.8 Å². The second kappa shape index (κ2) is 6.70. The predicted octanol–water partition coefficient (Wildman–Crippen LogP) is 3.94. The molecule has 0 heterocycles. The summed E-state index contributed by atoms with van der Waals surface area (Å²) in [5.41, 5.74) is -1.49. The van der Waals surface area contributed by atoms with Crippen molar-refractivity contribution in [3.05, 3.63) is 0 Å². The highest BCUT2D eigenvalue weighted by Crippen LogP contribution is 2.66. The van der Waals surface area contributed by atoms with E-state index < -0.39 is 35.7 Å². The number of ether oxygens (including phenoxy) is 2. The lowest BCUT2D eigenvalue weighted by molar-refractivity contribution is -0.223. The van der Waals surface area contributed by atoms with Crippen molar-refractivity contribution in [3.8, 4) is 0 Å². The second-order valence-electron chi connectivity index (χ2n) is 10.8. The van der Waals surface area contributed by atoms with Gasteiger partial charge in [-0.25, -0.2) is 0 Å². The molecular weight excluding hydrogens is 413 g/mol. The van der Waals surface area contributed by atoms with Crippen LogP contribution in [0.5, 0.6) is 0 Å². The Hall–Kier alpha value is -1.60. The van der Waals surface area contributed by atoms with Crippen molar-refractivity contribution < 1.29 is 37.0 Å². The normalized spacial score (nSPS) is 48.3. The van der Waals surface area contributed by atoms with Crippen molar-refractivity contribution in [2.45, 2.75) is 71.3 Å². The molecule has 172 valence electrons. The van der Waals surface area contributed by atoms with Crippen LogP contribution in [0.2, 0.25) is 0 Å². The lowest BCUT2D eigenvalue weighted by Gasteiger charge is -2.36. The quantitative estimate of drug-likeness (QED) is 0.487. The van der Waals surface area contributed by atoms with E-state index in [2.05, 4.69) is 13.8 Å². The van der Waals surface area contributed by atoms with E-state index in [-0.39, 0.29) is 42.3 Å². The highest BCUT2D eigenvalue weighted by Gasteiger charge is 2.73. The molecule has 4 bridgehead atoms. The standard InChI is InChI=1S/C23H29F3O5/c1-9-10(2)14-4-12(9)5-15(14)20(28)31-19-13-6-17-16(19)7-18(27)22(17,8-13)21(29)30-11(3)23(24,25)26/h9-17,19H,4-8H2,1-3H3. The monoisotopic (exact) mass is 442 g/mol. The zero-order valence-corrected chi connectivity index (χ0v) is 18.0. The summed E-state index contributed by atoms with van der Waals surface area (Å²) in [6, 6.07) is 0. The zero-order chi connectivity index (χ0) is 22.5. The minimum atomic E-state index is -4.67. The maximum Gasteiger partial charge on any atom is 0.425 e. The Morgan fingerprint density at radius 1 is 1.06 bits per heavy atom. The molecule has 0 aromatic heterocycles. The number of rotatable bonds is 4. The minimum Gasteiger partial charge on any atom is -0.462 e. The summed E-state index contributed by atoms with van der Waals surface area (Å²) in [6.07, 6.45) is -4.71. The molecule has 0 aromatic carbocycles. The molecule has 0 radical (unpaired) electrons. The first-order chi connectivity index (χ1) is 14.4. The number of halogens is 3. The number of hydrogen-bond donors (Lipinski definition) is 0. The summed E-state index contributed by atoms with van der Waals surface area (Å²) in [6.45, 7) is 5.22. The summed E-state index contributed by atoms with van der Waals surface area (Å²) in [4.78, 5) is 38.6. The average Bonchev–Trinajstić information content (AvgIpc) is 3.44. The summed E-state index contributed by atoms with van der Waals surface area (Å²) < 4.78 is 49.3. The molecule has 5 aliphatic carbocycles. The SMILES string of the molecule is CC1C2CC(C(=O)OC3C4CC5C3CC(=O)C5(C(=O)OC(C)C(F)(F)F)C4)C(C2)C1C. The van der Waals surface area contributed by atoms with Crippen molar-refractivity contribution >= 4 is 17.7 Å². The third-order valence-electron chi connectivity index (χ3n) is 9.66. The number of Topliss-reactive ketones (excluding diaryl/α,β-unsaturated/α-hetero) is 1. The van der Waals surface area contributed by atoms with Crippen LogP contribution in [0.1, 0.15) is 52.9 Å². The third-order valence-corrected chi connectivity index (χ3v) is 9.66.